The van der Waals surface area contributed by atoms with Crippen molar-refractivity contribution < 1.29 is 4.79 Å². The lowest BCUT2D eigenvalue weighted by atomic mass is 10.0. The van der Waals surface area contributed by atoms with Gasteiger partial charge in [-0.2, -0.15) is 0 Å². The molecule has 2 rings (SSSR count). The van der Waals surface area contributed by atoms with Gasteiger partial charge in [0.1, 0.15) is 0 Å². The van der Waals surface area contributed by atoms with E-state index in [4.69, 9.17) is 0 Å². The van der Waals surface area contributed by atoms with Crippen molar-refractivity contribution in [3.63, 3.8) is 0 Å². The quantitative estimate of drug-likeness (QED) is 0.635. The zero-order valence-electron chi connectivity index (χ0n) is 9.48. The number of rotatable bonds is 3. The predicted octanol–water partition coefficient (Wildman–Crippen LogP) is 3.42. The average molecular weight is 337 g/mol. The Hall–Kier alpha value is -1.23. The zero-order chi connectivity index (χ0) is 12.3. The molecule has 3 heteroatoms. The number of ketones is 1. The van der Waals surface area contributed by atoms with Crippen LogP contribution in [0, 0.1) is 10.5 Å². The van der Waals surface area contributed by atoms with Crippen molar-refractivity contribution in [1.82, 2.24) is 4.98 Å². The Bertz CT molecular complexity index is 534. The lowest BCUT2D eigenvalue weighted by Gasteiger charge is -2.02. The standard InChI is InChI=1S/C14H12INO/c1-10-8-12(6-7-16-10)14(17)9-11-2-4-13(15)5-3-11/h2-8H,9H2,1H3. The predicted molar refractivity (Wildman–Crippen MR) is 76.2 cm³/mol. The van der Waals surface area contributed by atoms with Gasteiger partial charge >= 0.3 is 0 Å². The van der Waals surface area contributed by atoms with Crippen LogP contribution in [0.15, 0.2) is 42.6 Å². The van der Waals surface area contributed by atoms with Gasteiger partial charge in [-0.3, -0.25) is 9.78 Å². The molecule has 1 aromatic heterocycles. The Morgan fingerprint density at radius 3 is 2.59 bits per heavy atom. The van der Waals surface area contributed by atoms with Crippen molar-refractivity contribution in [2.75, 3.05) is 0 Å². The Kier molecular flexibility index (Phi) is 3.89. The average Bonchev–Trinajstić information content (AvgIpc) is 2.32. The molecule has 0 saturated heterocycles. The number of benzene rings is 1. The van der Waals surface area contributed by atoms with E-state index >= 15 is 0 Å². The number of hydrogen-bond donors (Lipinski definition) is 0. The molecule has 0 aliphatic heterocycles. The molecule has 17 heavy (non-hydrogen) atoms. The first-order valence-electron chi connectivity index (χ1n) is 5.35. The number of hydrogen-bond acceptors (Lipinski definition) is 2. The second kappa shape index (κ2) is 5.40. The minimum atomic E-state index is 0.136. The zero-order valence-corrected chi connectivity index (χ0v) is 11.6. The summed E-state index contributed by atoms with van der Waals surface area (Å²) in [4.78, 5) is 16.1. The third-order valence-corrected chi connectivity index (χ3v) is 3.22. The third-order valence-electron chi connectivity index (χ3n) is 2.50. The van der Waals surface area contributed by atoms with Crippen LogP contribution in [0.25, 0.3) is 0 Å². The number of nitrogens with zero attached hydrogens (tertiary/aromatic N) is 1. The first-order valence-corrected chi connectivity index (χ1v) is 6.43. The van der Waals surface area contributed by atoms with Gasteiger partial charge in [-0.05, 0) is 59.3 Å². The minimum absolute atomic E-state index is 0.136. The van der Waals surface area contributed by atoms with Gasteiger partial charge in [0.2, 0.25) is 0 Å². The summed E-state index contributed by atoms with van der Waals surface area (Å²) >= 11 is 2.25. The molecule has 0 aliphatic carbocycles. The summed E-state index contributed by atoms with van der Waals surface area (Å²) in [6.45, 7) is 1.89. The van der Waals surface area contributed by atoms with Crippen LogP contribution in [-0.2, 0) is 6.42 Å². The Morgan fingerprint density at radius 2 is 1.94 bits per heavy atom. The number of pyridine rings is 1. The molecule has 2 nitrogen and oxygen atoms in total. The summed E-state index contributed by atoms with van der Waals surface area (Å²) < 4.78 is 1.18. The molecule has 0 atom stereocenters. The lowest BCUT2D eigenvalue weighted by molar-refractivity contribution is 0.0993. The van der Waals surface area contributed by atoms with Crippen molar-refractivity contribution in [2.24, 2.45) is 0 Å². The fourth-order valence-electron chi connectivity index (χ4n) is 1.61. The van der Waals surface area contributed by atoms with Gasteiger partial charge in [0.05, 0.1) is 0 Å². The second-order valence-electron chi connectivity index (χ2n) is 3.91. The number of Topliss-reactive ketones (excluding diaryl/α,β-unsaturated/α-hetero) is 1. The maximum absolute atomic E-state index is 12.0. The van der Waals surface area contributed by atoms with E-state index in [2.05, 4.69) is 27.6 Å². The van der Waals surface area contributed by atoms with Crippen molar-refractivity contribution in [1.29, 1.82) is 0 Å². The van der Waals surface area contributed by atoms with E-state index in [0.29, 0.717) is 6.42 Å². The summed E-state index contributed by atoms with van der Waals surface area (Å²) in [5.41, 5.74) is 2.65. The fourth-order valence-corrected chi connectivity index (χ4v) is 1.97. The third kappa shape index (κ3) is 3.36. The highest BCUT2D eigenvalue weighted by Gasteiger charge is 2.07. The smallest absolute Gasteiger partial charge is 0.167 e. The van der Waals surface area contributed by atoms with Crippen LogP contribution in [-0.4, -0.2) is 10.8 Å². The summed E-state index contributed by atoms with van der Waals surface area (Å²) in [5, 5.41) is 0. The highest BCUT2D eigenvalue weighted by molar-refractivity contribution is 14.1. The molecular formula is C14H12INO. The van der Waals surface area contributed by atoms with E-state index in [9.17, 15) is 4.79 Å². The van der Waals surface area contributed by atoms with Crippen molar-refractivity contribution >= 4 is 28.4 Å². The Labute approximate surface area is 114 Å². The Balaban J connectivity index is 2.14. The number of aromatic nitrogens is 1. The molecule has 0 saturated carbocycles. The van der Waals surface area contributed by atoms with Gasteiger partial charge in [0.25, 0.3) is 0 Å². The molecule has 0 N–H and O–H groups in total. The van der Waals surface area contributed by atoms with Gasteiger partial charge in [-0.1, -0.05) is 12.1 Å². The van der Waals surface area contributed by atoms with Gasteiger partial charge in [0.15, 0.2) is 5.78 Å². The SMILES string of the molecule is Cc1cc(C(=O)Cc2ccc(I)cc2)ccn1. The maximum atomic E-state index is 12.0. The monoisotopic (exact) mass is 337 g/mol. The number of carbonyl (C=O) groups excluding carboxylic acids is 1. The van der Waals surface area contributed by atoms with E-state index in [1.807, 2.05) is 37.3 Å². The maximum Gasteiger partial charge on any atom is 0.167 e. The largest absolute Gasteiger partial charge is 0.294 e. The first kappa shape index (κ1) is 12.2. The molecule has 0 aliphatic rings. The molecule has 0 spiro atoms. The van der Waals surface area contributed by atoms with Crippen LogP contribution in [0.3, 0.4) is 0 Å². The first-order chi connectivity index (χ1) is 8.15. The number of halogens is 1. The van der Waals surface area contributed by atoms with E-state index in [1.165, 1.54) is 3.57 Å². The van der Waals surface area contributed by atoms with E-state index in [-0.39, 0.29) is 5.78 Å². The summed E-state index contributed by atoms with van der Waals surface area (Å²) in [6.07, 6.45) is 2.12. The van der Waals surface area contributed by atoms with Crippen molar-refractivity contribution in [3.05, 3.63) is 63.0 Å². The van der Waals surface area contributed by atoms with E-state index < -0.39 is 0 Å². The van der Waals surface area contributed by atoms with Crippen LogP contribution in [0.2, 0.25) is 0 Å². The summed E-state index contributed by atoms with van der Waals surface area (Å²) in [7, 11) is 0. The van der Waals surface area contributed by atoms with Crippen LogP contribution in [0.5, 0.6) is 0 Å². The van der Waals surface area contributed by atoms with Crippen molar-refractivity contribution in [3.8, 4) is 0 Å². The molecule has 0 fully saturated rings. The van der Waals surface area contributed by atoms with Crippen LogP contribution in [0.1, 0.15) is 21.6 Å². The van der Waals surface area contributed by atoms with Crippen molar-refractivity contribution in [2.45, 2.75) is 13.3 Å². The molecule has 86 valence electrons. The van der Waals surface area contributed by atoms with Gasteiger partial charge < -0.3 is 0 Å². The molecule has 2 aromatic rings. The summed E-state index contributed by atoms with van der Waals surface area (Å²) in [5.74, 6) is 0.136. The van der Waals surface area contributed by atoms with E-state index in [1.54, 1.807) is 12.3 Å². The molecule has 0 radical (unpaired) electrons. The van der Waals surface area contributed by atoms with E-state index in [0.717, 1.165) is 16.8 Å². The highest BCUT2D eigenvalue weighted by Crippen LogP contribution is 2.10. The lowest BCUT2D eigenvalue weighted by Crippen LogP contribution is -2.04. The van der Waals surface area contributed by atoms with Gasteiger partial charge in [-0.25, -0.2) is 0 Å². The summed E-state index contributed by atoms with van der Waals surface area (Å²) in [6, 6.07) is 11.6. The normalized spacial score (nSPS) is 10.2. The van der Waals surface area contributed by atoms with Crippen LogP contribution < -0.4 is 0 Å². The number of carbonyl (C=O) groups is 1. The molecule has 0 bridgehead atoms. The molecule has 1 heterocycles. The molecule has 0 amide bonds. The fraction of sp³-hybridized carbons (Fsp3) is 0.143. The van der Waals surface area contributed by atoms with Crippen LogP contribution >= 0.6 is 22.6 Å². The highest BCUT2D eigenvalue weighted by atomic mass is 127. The van der Waals surface area contributed by atoms with Crippen LogP contribution in [0.4, 0.5) is 0 Å². The minimum Gasteiger partial charge on any atom is -0.294 e. The van der Waals surface area contributed by atoms with Gasteiger partial charge in [0, 0.05) is 27.4 Å². The Morgan fingerprint density at radius 1 is 1.24 bits per heavy atom. The molecular weight excluding hydrogens is 325 g/mol. The van der Waals surface area contributed by atoms with Gasteiger partial charge in [-0.15, -0.1) is 0 Å². The second-order valence-corrected chi connectivity index (χ2v) is 5.16. The molecule has 1 aromatic carbocycles. The topological polar surface area (TPSA) is 30.0 Å². The number of aryl methyl sites for hydroxylation is 1. The molecule has 0 unspecified atom stereocenters.